The minimum Gasteiger partial charge on any atom is -0.497 e. The highest BCUT2D eigenvalue weighted by atomic mass is 16.5. The largest absolute Gasteiger partial charge is 0.497 e. The highest BCUT2D eigenvalue weighted by Gasteiger charge is 2.21. The summed E-state index contributed by atoms with van der Waals surface area (Å²) in [6.45, 7) is 5.15. The Balaban J connectivity index is 2.24. The maximum atomic E-state index is 9.92. The van der Waals surface area contributed by atoms with Crippen LogP contribution in [0.5, 0.6) is 5.75 Å². The van der Waals surface area contributed by atoms with Crippen LogP contribution in [0.4, 0.5) is 0 Å². The molecule has 0 radical (unpaired) electrons. The predicted octanol–water partition coefficient (Wildman–Crippen LogP) is 2.72. The van der Waals surface area contributed by atoms with E-state index in [-0.39, 0.29) is 12.6 Å². The van der Waals surface area contributed by atoms with Gasteiger partial charge >= 0.3 is 0 Å². The summed E-state index contributed by atoms with van der Waals surface area (Å²) in [5.74, 6) is 0.826. The second kappa shape index (κ2) is 8.31. The zero-order valence-corrected chi connectivity index (χ0v) is 15.4. The molecular weight excluding hydrogens is 302 g/mol. The number of hydrogen-bond donors (Lipinski definition) is 1. The molecule has 0 amide bonds. The average Bonchev–Trinajstić information content (AvgIpc) is 2.90. The monoisotopic (exact) mass is 331 g/mol. The SMILES string of the molecule is CCc1nn(C)c(CC)c1CN(C)C(CO)c1ccc(OC)cc1. The van der Waals surface area contributed by atoms with Gasteiger partial charge in [-0.25, -0.2) is 0 Å². The Bertz CT molecular complexity index is 649. The van der Waals surface area contributed by atoms with Crippen molar-refractivity contribution in [3.8, 4) is 5.75 Å². The van der Waals surface area contributed by atoms with E-state index >= 15 is 0 Å². The Morgan fingerprint density at radius 1 is 1.21 bits per heavy atom. The summed E-state index contributed by atoms with van der Waals surface area (Å²) in [5.41, 5.74) is 4.79. The van der Waals surface area contributed by atoms with Gasteiger partial charge in [-0.1, -0.05) is 26.0 Å². The van der Waals surface area contributed by atoms with Crippen LogP contribution in [0.1, 0.15) is 42.4 Å². The lowest BCUT2D eigenvalue weighted by atomic mass is 10.0. The van der Waals surface area contributed by atoms with Crippen molar-refractivity contribution in [2.24, 2.45) is 7.05 Å². The molecule has 2 rings (SSSR count). The number of hydrogen-bond acceptors (Lipinski definition) is 4. The molecule has 0 fully saturated rings. The lowest BCUT2D eigenvalue weighted by molar-refractivity contribution is 0.142. The van der Waals surface area contributed by atoms with Gasteiger partial charge in [0.15, 0.2) is 0 Å². The fraction of sp³-hybridized carbons (Fsp3) is 0.526. The van der Waals surface area contributed by atoms with Crippen molar-refractivity contribution in [1.29, 1.82) is 0 Å². The number of likely N-dealkylation sites (N-methyl/N-ethyl adjacent to an activating group) is 1. The molecule has 0 aliphatic carbocycles. The van der Waals surface area contributed by atoms with Crippen molar-refractivity contribution in [2.45, 2.75) is 39.3 Å². The van der Waals surface area contributed by atoms with Gasteiger partial charge in [-0.2, -0.15) is 5.10 Å². The molecule has 132 valence electrons. The van der Waals surface area contributed by atoms with Gasteiger partial charge in [0.2, 0.25) is 0 Å². The average molecular weight is 331 g/mol. The minimum atomic E-state index is -0.0504. The molecule has 5 heteroatoms. The minimum absolute atomic E-state index is 0.0504. The molecule has 0 bridgehead atoms. The summed E-state index contributed by atoms with van der Waals surface area (Å²) in [5, 5.41) is 14.6. The van der Waals surface area contributed by atoms with Gasteiger partial charge in [-0.15, -0.1) is 0 Å². The highest BCUT2D eigenvalue weighted by Crippen LogP contribution is 2.25. The maximum Gasteiger partial charge on any atom is 0.118 e. The number of aromatic nitrogens is 2. The predicted molar refractivity (Wildman–Crippen MR) is 96.3 cm³/mol. The summed E-state index contributed by atoms with van der Waals surface area (Å²) in [7, 11) is 5.72. The summed E-state index contributed by atoms with van der Waals surface area (Å²) < 4.78 is 7.20. The lowest BCUT2D eigenvalue weighted by Gasteiger charge is -2.27. The van der Waals surface area contributed by atoms with E-state index in [0.717, 1.165) is 36.4 Å². The van der Waals surface area contributed by atoms with Crippen LogP contribution in [0.2, 0.25) is 0 Å². The smallest absolute Gasteiger partial charge is 0.118 e. The Kier molecular flexibility index (Phi) is 6.40. The van der Waals surface area contributed by atoms with E-state index < -0.39 is 0 Å². The third-order valence-electron chi connectivity index (χ3n) is 4.64. The molecule has 0 saturated carbocycles. The van der Waals surface area contributed by atoms with Gasteiger partial charge in [0.05, 0.1) is 25.5 Å². The van der Waals surface area contributed by atoms with Gasteiger partial charge in [0.25, 0.3) is 0 Å². The first-order chi connectivity index (χ1) is 11.5. The standard InChI is InChI=1S/C19H29N3O2/c1-6-17-16(18(7-2)22(4)20-17)12-21(3)19(13-23)14-8-10-15(24-5)11-9-14/h8-11,19,23H,6-7,12-13H2,1-5H3. The van der Waals surface area contributed by atoms with Gasteiger partial charge in [0, 0.05) is 24.8 Å². The van der Waals surface area contributed by atoms with Crippen molar-refractivity contribution in [3.63, 3.8) is 0 Å². The first-order valence-electron chi connectivity index (χ1n) is 8.54. The van der Waals surface area contributed by atoms with Crippen LogP contribution in [-0.2, 0) is 26.4 Å². The van der Waals surface area contributed by atoms with Crippen molar-refractivity contribution >= 4 is 0 Å². The normalized spacial score (nSPS) is 12.6. The topological polar surface area (TPSA) is 50.5 Å². The third-order valence-corrected chi connectivity index (χ3v) is 4.64. The van der Waals surface area contributed by atoms with E-state index in [1.807, 2.05) is 36.0 Å². The van der Waals surface area contributed by atoms with Crippen LogP contribution in [0.15, 0.2) is 24.3 Å². The zero-order valence-electron chi connectivity index (χ0n) is 15.4. The van der Waals surface area contributed by atoms with Gasteiger partial charge in [0.1, 0.15) is 5.75 Å². The molecule has 0 aliphatic heterocycles. The van der Waals surface area contributed by atoms with Gasteiger partial charge in [-0.05, 0) is 37.6 Å². The Hall–Kier alpha value is -1.85. The molecule has 5 nitrogen and oxygen atoms in total. The van der Waals surface area contributed by atoms with Crippen molar-refractivity contribution in [2.75, 3.05) is 20.8 Å². The summed E-state index contributed by atoms with van der Waals surface area (Å²) in [4.78, 5) is 2.19. The highest BCUT2D eigenvalue weighted by molar-refractivity contribution is 5.30. The molecule has 1 heterocycles. The van der Waals surface area contributed by atoms with Gasteiger partial charge in [-0.3, -0.25) is 9.58 Å². The number of ether oxygens (including phenoxy) is 1. The molecule has 1 aromatic heterocycles. The van der Waals surface area contributed by atoms with Crippen LogP contribution in [-0.4, -0.2) is 40.6 Å². The fourth-order valence-corrected chi connectivity index (χ4v) is 3.26. The lowest BCUT2D eigenvalue weighted by Crippen LogP contribution is -2.27. The van der Waals surface area contributed by atoms with Crippen molar-refractivity contribution < 1.29 is 9.84 Å². The maximum absolute atomic E-state index is 9.92. The second-order valence-electron chi connectivity index (χ2n) is 6.09. The first-order valence-corrected chi connectivity index (χ1v) is 8.54. The van der Waals surface area contributed by atoms with E-state index in [1.165, 1.54) is 11.3 Å². The third kappa shape index (κ3) is 3.79. The Labute approximate surface area is 144 Å². The summed E-state index contributed by atoms with van der Waals surface area (Å²) >= 11 is 0. The van der Waals surface area contributed by atoms with Crippen LogP contribution in [0.25, 0.3) is 0 Å². The van der Waals surface area contributed by atoms with Crippen LogP contribution < -0.4 is 4.74 Å². The Morgan fingerprint density at radius 3 is 2.38 bits per heavy atom. The Morgan fingerprint density at radius 2 is 1.88 bits per heavy atom. The molecule has 24 heavy (non-hydrogen) atoms. The van der Waals surface area contributed by atoms with Gasteiger partial charge < -0.3 is 9.84 Å². The van der Waals surface area contributed by atoms with Crippen molar-refractivity contribution in [3.05, 3.63) is 46.8 Å². The molecule has 1 N–H and O–H groups in total. The van der Waals surface area contributed by atoms with Crippen LogP contribution in [0, 0.1) is 0 Å². The van der Waals surface area contributed by atoms with Crippen LogP contribution in [0.3, 0.4) is 0 Å². The molecule has 2 aromatic rings. The fourth-order valence-electron chi connectivity index (χ4n) is 3.26. The first kappa shape index (κ1) is 18.5. The quantitative estimate of drug-likeness (QED) is 0.808. The van der Waals surface area contributed by atoms with E-state index in [9.17, 15) is 5.11 Å². The summed E-state index contributed by atoms with van der Waals surface area (Å²) in [6.07, 6.45) is 1.88. The molecule has 0 spiro atoms. The number of methoxy groups -OCH3 is 1. The van der Waals surface area contributed by atoms with Crippen LogP contribution >= 0.6 is 0 Å². The molecule has 1 unspecified atom stereocenters. The number of aliphatic hydroxyl groups is 1. The number of benzene rings is 1. The number of aliphatic hydroxyl groups excluding tert-OH is 1. The molecule has 1 aromatic carbocycles. The van der Waals surface area contributed by atoms with E-state index in [1.54, 1.807) is 7.11 Å². The molecule has 1 atom stereocenters. The number of aryl methyl sites for hydroxylation is 2. The van der Waals surface area contributed by atoms with E-state index in [2.05, 4.69) is 30.9 Å². The second-order valence-corrected chi connectivity index (χ2v) is 6.09. The van der Waals surface area contributed by atoms with Crippen molar-refractivity contribution in [1.82, 2.24) is 14.7 Å². The zero-order chi connectivity index (χ0) is 17.7. The molecule has 0 saturated heterocycles. The van der Waals surface area contributed by atoms with E-state index in [4.69, 9.17) is 4.74 Å². The van der Waals surface area contributed by atoms with E-state index in [0.29, 0.717) is 0 Å². The molecular formula is C19H29N3O2. The number of nitrogens with zero attached hydrogens (tertiary/aromatic N) is 3. The summed E-state index contributed by atoms with van der Waals surface area (Å²) in [6, 6.07) is 7.85. The number of rotatable bonds is 8. The molecule has 0 aliphatic rings.